The molecule has 0 aliphatic heterocycles. The van der Waals surface area contributed by atoms with Gasteiger partial charge in [-0.05, 0) is 24.5 Å². The Morgan fingerprint density at radius 2 is 2.05 bits per heavy atom. The van der Waals surface area contributed by atoms with Gasteiger partial charge < -0.3 is 0 Å². The van der Waals surface area contributed by atoms with Crippen LogP contribution < -0.4 is 4.72 Å². The normalized spacial score (nSPS) is 13.3. The van der Waals surface area contributed by atoms with Crippen LogP contribution in [0.1, 0.15) is 32.8 Å². The highest BCUT2D eigenvalue weighted by Gasteiger charge is 2.25. The van der Waals surface area contributed by atoms with Gasteiger partial charge in [-0.25, -0.2) is 17.5 Å². The number of sulfonamides is 1. The fraction of sp³-hybridized carbons (Fsp3) is 0.462. The summed E-state index contributed by atoms with van der Waals surface area (Å²) in [5.41, 5.74) is -0.450. The zero-order valence-electron chi connectivity index (χ0n) is 11.1. The van der Waals surface area contributed by atoms with Crippen molar-refractivity contribution in [3.63, 3.8) is 0 Å². The predicted molar refractivity (Wildman–Crippen MR) is 70.4 cm³/mol. The Hall–Kier alpha value is -1.45. The van der Waals surface area contributed by atoms with Crippen molar-refractivity contribution in [3.8, 4) is 6.07 Å². The maximum absolute atomic E-state index is 13.4. The lowest BCUT2D eigenvalue weighted by atomic mass is 10.0. The van der Waals surface area contributed by atoms with Crippen molar-refractivity contribution >= 4 is 10.0 Å². The highest BCUT2D eigenvalue weighted by Crippen LogP contribution is 2.19. The van der Waals surface area contributed by atoms with E-state index in [1.54, 1.807) is 6.07 Å². The molecule has 0 saturated carbocycles. The van der Waals surface area contributed by atoms with Crippen LogP contribution in [0.2, 0.25) is 0 Å². The average Bonchev–Trinajstić information content (AvgIpc) is 2.35. The van der Waals surface area contributed by atoms with E-state index in [4.69, 9.17) is 5.26 Å². The molecule has 0 spiro atoms. The second kappa shape index (κ2) is 6.13. The highest BCUT2D eigenvalue weighted by molar-refractivity contribution is 7.89. The zero-order valence-corrected chi connectivity index (χ0v) is 12.0. The Balaban J connectivity index is 3.22. The second-order valence-electron chi connectivity index (χ2n) is 4.60. The summed E-state index contributed by atoms with van der Waals surface area (Å²) in [6.45, 7) is 5.66. The summed E-state index contributed by atoms with van der Waals surface area (Å²) in [5, 5.41) is 8.88. The zero-order chi connectivity index (χ0) is 14.6. The van der Waals surface area contributed by atoms with Gasteiger partial charge in [-0.1, -0.05) is 26.8 Å². The number of rotatable bonds is 5. The topological polar surface area (TPSA) is 70.0 Å². The van der Waals surface area contributed by atoms with Crippen molar-refractivity contribution in [2.24, 2.45) is 5.92 Å². The minimum absolute atomic E-state index is 0.110. The molecule has 1 unspecified atom stereocenters. The minimum atomic E-state index is -3.89. The van der Waals surface area contributed by atoms with Crippen LogP contribution in [-0.4, -0.2) is 14.5 Å². The van der Waals surface area contributed by atoms with Crippen molar-refractivity contribution in [2.45, 2.75) is 38.1 Å². The molecule has 4 nitrogen and oxygen atoms in total. The number of halogens is 1. The van der Waals surface area contributed by atoms with E-state index in [1.165, 1.54) is 12.1 Å². The maximum Gasteiger partial charge on any atom is 0.242 e. The third-order valence-corrected chi connectivity index (χ3v) is 4.46. The van der Waals surface area contributed by atoms with Crippen LogP contribution >= 0.6 is 0 Å². The average molecular weight is 284 g/mol. The van der Waals surface area contributed by atoms with E-state index < -0.39 is 21.4 Å². The van der Waals surface area contributed by atoms with Crippen LogP contribution in [0.4, 0.5) is 4.39 Å². The molecule has 0 aliphatic carbocycles. The first-order valence-electron chi connectivity index (χ1n) is 6.04. The molecule has 104 valence electrons. The van der Waals surface area contributed by atoms with Crippen LogP contribution in [0.15, 0.2) is 23.1 Å². The van der Waals surface area contributed by atoms with Crippen LogP contribution in [0.5, 0.6) is 0 Å². The summed E-state index contributed by atoms with van der Waals surface area (Å²) in [4.78, 5) is -0.311. The van der Waals surface area contributed by atoms with E-state index in [9.17, 15) is 12.8 Å². The first-order valence-corrected chi connectivity index (χ1v) is 7.52. The number of hydrogen-bond donors (Lipinski definition) is 1. The van der Waals surface area contributed by atoms with Gasteiger partial charge in [0.15, 0.2) is 0 Å². The quantitative estimate of drug-likeness (QED) is 0.902. The molecule has 0 aliphatic rings. The van der Waals surface area contributed by atoms with Gasteiger partial charge in [-0.15, -0.1) is 0 Å². The van der Waals surface area contributed by atoms with Crippen LogP contribution in [0, 0.1) is 23.1 Å². The van der Waals surface area contributed by atoms with Crippen molar-refractivity contribution in [1.29, 1.82) is 5.26 Å². The van der Waals surface area contributed by atoms with E-state index in [0.29, 0.717) is 6.42 Å². The molecule has 0 amide bonds. The van der Waals surface area contributed by atoms with Crippen LogP contribution in [0.3, 0.4) is 0 Å². The largest absolute Gasteiger partial charge is 0.242 e. The summed E-state index contributed by atoms with van der Waals surface area (Å²) < 4.78 is 40.4. The third kappa shape index (κ3) is 3.52. The monoisotopic (exact) mass is 284 g/mol. The van der Waals surface area contributed by atoms with Gasteiger partial charge in [0.2, 0.25) is 10.0 Å². The molecule has 6 heteroatoms. The Morgan fingerprint density at radius 1 is 1.42 bits per heavy atom. The molecule has 0 radical (unpaired) electrons. The third-order valence-electron chi connectivity index (χ3n) is 2.93. The van der Waals surface area contributed by atoms with E-state index in [2.05, 4.69) is 4.72 Å². The Bertz CT molecular complexity index is 591. The van der Waals surface area contributed by atoms with Crippen molar-refractivity contribution < 1.29 is 12.8 Å². The van der Waals surface area contributed by atoms with E-state index in [1.807, 2.05) is 20.8 Å². The number of nitriles is 1. The van der Waals surface area contributed by atoms with Crippen molar-refractivity contribution in [3.05, 3.63) is 29.6 Å². The number of benzene rings is 1. The number of nitrogens with zero attached hydrogens (tertiary/aromatic N) is 1. The predicted octanol–water partition coefficient (Wildman–Crippen LogP) is 2.41. The Morgan fingerprint density at radius 3 is 2.53 bits per heavy atom. The standard InChI is InChI=1S/C13H17FN2O2S/c1-4-12(9(2)3)16-19(17,18)13-7-5-6-11(14)10(13)8-15/h5-7,9,12,16H,4H2,1-3H3. The van der Waals surface area contributed by atoms with E-state index >= 15 is 0 Å². The molecule has 1 N–H and O–H groups in total. The molecule has 19 heavy (non-hydrogen) atoms. The Kier molecular flexibility index (Phi) is 5.04. The summed E-state index contributed by atoms with van der Waals surface area (Å²) in [7, 11) is -3.89. The Labute approximate surface area is 113 Å². The van der Waals surface area contributed by atoms with E-state index in [-0.39, 0.29) is 16.9 Å². The maximum atomic E-state index is 13.4. The van der Waals surface area contributed by atoms with Gasteiger partial charge in [0, 0.05) is 6.04 Å². The molecule has 0 aromatic heterocycles. The van der Waals surface area contributed by atoms with Gasteiger partial charge in [0.05, 0.1) is 0 Å². The van der Waals surface area contributed by atoms with Gasteiger partial charge in [-0.2, -0.15) is 5.26 Å². The summed E-state index contributed by atoms with van der Waals surface area (Å²) >= 11 is 0. The molecule has 1 rings (SSSR count). The van der Waals surface area contributed by atoms with Gasteiger partial charge in [0.25, 0.3) is 0 Å². The molecule has 0 saturated heterocycles. The summed E-state index contributed by atoms with van der Waals surface area (Å²) in [5.74, 6) is -0.721. The lowest BCUT2D eigenvalue weighted by molar-refractivity contribution is 0.437. The molecule has 1 aromatic rings. The van der Waals surface area contributed by atoms with Gasteiger partial charge in [-0.3, -0.25) is 0 Å². The minimum Gasteiger partial charge on any atom is -0.208 e. The fourth-order valence-electron chi connectivity index (χ4n) is 1.79. The van der Waals surface area contributed by atoms with Crippen LogP contribution in [-0.2, 0) is 10.0 Å². The van der Waals surface area contributed by atoms with Gasteiger partial charge >= 0.3 is 0 Å². The number of nitrogens with one attached hydrogen (secondary N) is 1. The molecule has 0 heterocycles. The lowest BCUT2D eigenvalue weighted by Gasteiger charge is -2.20. The summed E-state index contributed by atoms with van der Waals surface area (Å²) in [6.07, 6.45) is 0.619. The molecule has 0 bridgehead atoms. The molecule has 1 aromatic carbocycles. The fourth-order valence-corrected chi connectivity index (χ4v) is 3.42. The highest BCUT2D eigenvalue weighted by atomic mass is 32.2. The first-order chi connectivity index (χ1) is 8.83. The lowest BCUT2D eigenvalue weighted by Crippen LogP contribution is -2.38. The smallest absolute Gasteiger partial charge is 0.208 e. The first kappa shape index (κ1) is 15.6. The van der Waals surface area contributed by atoms with Crippen molar-refractivity contribution in [2.75, 3.05) is 0 Å². The van der Waals surface area contributed by atoms with Gasteiger partial charge in [0.1, 0.15) is 22.3 Å². The molecular weight excluding hydrogens is 267 g/mol. The molecule has 0 fully saturated rings. The van der Waals surface area contributed by atoms with Crippen LogP contribution in [0.25, 0.3) is 0 Å². The van der Waals surface area contributed by atoms with E-state index in [0.717, 1.165) is 6.07 Å². The second-order valence-corrected chi connectivity index (χ2v) is 6.29. The SMILES string of the molecule is CCC(NS(=O)(=O)c1cccc(F)c1C#N)C(C)C. The summed E-state index contributed by atoms with van der Waals surface area (Å²) in [6, 6.07) is 4.92. The van der Waals surface area contributed by atoms with Crippen molar-refractivity contribution in [1.82, 2.24) is 4.72 Å². The number of hydrogen-bond acceptors (Lipinski definition) is 3. The molecular formula is C13H17FN2O2S. The molecule has 1 atom stereocenters.